The Bertz CT molecular complexity index is 325. The van der Waals surface area contributed by atoms with Gasteiger partial charge in [0, 0.05) is 18.3 Å². The summed E-state index contributed by atoms with van der Waals surface area (Å²) in [4.78, 5) is 11.5. The van der Waals surface area contributed by atoms with E-state index in [1.807, 2.05) is 12.2 Å². The second kappa shape index (κ2) is 5.39. The summed E-state index contributed by atoms with van der Waals surface area (Å²) in [5.74, 6) is 1.87. The lowest BCUT2D eigenvalue weighted by Crippen LogP contribution is -2.19. The zero-order valence-electron chi connectivity index (χ0n) is 9.12. The first-order chi connectivity index (χ1) is 7.81. The summed E-state index contributed by atoms with van der Waals surface area (Å²) >= 11 is 5.58. The third-order valence-electron chi connectivity index (χ3n) is 2.92. The Balaban J connectivity index is 1.84. The number of ether oxygens (including phenoxy) is 1. The van der Waals surface area contributed by atoms with Crippen LogP contribution in [0.3, 0.4) is 0 Å². The van der Waals surface area contributed by atoms with E-state index in [0.717, 1.165) is 25.1 Å². The third kappa shape index (κ3) is 2.59. The zero-order chi connectivity index (χ0) is 11.4. The maximum Gasteiger partial charge on any atom is 0.227 e. The highest BCUT2D eigenvalue weighted by Crippen LogP contribution is 2.27. The van der Waals surface area contributed by atoms with E-state index < -0.39 is 0 Å². The van der Waals surface area contributed by atoms with Gasteiger partial charge in [-0.3, -0.25) is 4.79 Å². The number of hydrogen-bond acceptors (Lipinski definition) is 2. The fourth-order valence-electron chi connectivity index (χ4n) is 1.98. The molecule has 4 heteroatoms. The Labute approximate surface area is 100 Å². The van der Waals surface area contributed by atoms with E-state index in [9.17, 15) is 4.79 Å². The van der Waals surface area contributed by atoms with Gasteiger partial charge in [0.2, 0.25) is 5.91 Å². The van der Waals surface area contributed by atoms with E-state index in [0.29, 0.717) is 18.4 Å². The molecule has 0 aromatic heterocycles. The van der Waals surface area contributed by atoms with E-state index in [1.54, 1.807) is 0 Å². The molecular weight excluding hydrogens is 226 g/mol. The molecule has 1 fully saturated rings. The molecule has 2 aliphatic rings. The number of allylic oxidation sites excluding steroid dienone is 1. The molecule has 1 N–H and O–H groups in total. The van der Waals surface area contributed by atoms with E-state index >= 15 is 0 Å². The van der Waals surface area contributed by atoms with Crippen molar-refractivity contribution in [3.05, 3.63) is 24.0 Å². The molecule has 88 valence electrons. The van der Waals surface area contributed by atoms with Crippen molar-refractivity contribution >= 4 is 17.5 Å². The molecule has 0 saturated carbocycles. The van der Waals surface area contributed by atoms with Crippen LogP contribution in [-0.2, 0) is 9.53 Å². The maximum atomic E-state index is 11.5. The summed E-state index contributed by atoms with van der Waals surface area (Å²) in [6, 6.07) is 0. The van der Waals surface area contributed by atoms with Crippen LogP contribution in [-0.4, -0.2) is 24.9 Å². The molecule has 2 rings (SSSR count). The number of nitrogens with one attached hydrogen (secondary N) is 1. The van der Waals surface area contributed by atoms with Crippen molar-refractivity contribution in [1.29, 1.82) is 0 Å². The molecule has 1 saturated heterocycles. The molecule has 1 heterocycles. The molecule has 0 bridgehead atoms. The topological polar surface area (TPSA) is 38.3 Å². The van der Waals surface area contributed by atoms with Gasteiger partial charge in [0.1, 0.15) is 5.76 Å². The van der Waals surface area contributed by atoms with E-state index in [4.69, 9.17) is 16.3 Å². The standard InChI is InChI=1S/C12H16ClNO2/c13-5-1-2-6-16-10-4-3-9-8-14-12(15)11(9)7-10/h3-4,7,9,11H,1-2,5-6,8H2,(H,14,15). The average molecular weight is 242 g/mol. The number of rotatable bonds is 5. The van der Waals surface area contributed by atoms with Crippen molar-refractivity contribution in [2.24, 2.45) is 11.8 Å². The first kappa shape index (κ1) is 11.5. The highest BCUT2D eigenvalue weighted by Gasteiger charge is 2.33. The summed E-state index contributed by atoms with van der Waals surface area (Å²) in [5, 5.41) is 2.85. The van der Waals surface area contributed by atoms with E-state index in [-0.39, 0.29) is 11.8 Å². The lowest BCUT2D eigenvalue weighted by molar-refractivity contribution is -0.121. The Kier molecular flexibility index (Phi) is 3.88. The van der Waals surface area contributed by atoms with Gasteiger partial charge in [-0.05, 0) is 25.0 Å². The van der Waals surface area contributed by atoms with Crippen LogP contribution in [0.1, 0.15) is 12.8 Å². The predicted octanol–water partition coefficient (Wildman–Crippen LogP) is 1.84. The highest BCUT2D eigenvalue weighted by molar-refractivity contribution is 6.17. The number of fused-ring (bicyclic) bond motifs is 1. The maximum absolute atomic E-state index is 11.5. The van der Waals surface area contributed by atoms with Crippen molar-refractivity contribution in [3.8, 4) is 0 Å². The smallest absolute Gasteiger partial charge is 0.227 e. The van der Waals surface area contributed by atoms with Gasteiger partial charge in [0.15, 0.2) is 0 Å². The number of unbranched alkanes of at least 4 members (excludes halogenated alkanes) is 1. The fourth-order valence-corrected chi connectivity index (χ4v) is 2.17. The van der Waals surface area contributed by atoms with Gasteiger partial charge in [-0.25, -0.2) is 0 Å². The predicted molar refractivity (Wildman–Crippen MR) is 63.1 cm³/mol. The minimum Gasteiger partial charge on any atom is -0.494 e. The van der Waals surface area contributed by atoms with Gasteiger partial charge in [-0.2, -0.15) is 0 Å². The van der Waals surface area contributed by atoms with Crippen LogP contribution < -0.4 is 5.32 Å². The largest absolute Gasteiger partial charge is 0.494 e. The molecular formula is C12H16ClNO2. The van der Waals surface area contributed by atoms with Gasteiger partial charge in [-0.1, -0.05) is 6.08 Å². The molecule has 2 unspecified atom stereocenters. The minimum absolute atomic E-state index is 0.0342. The molecule has 1 aliphatic carbocycles. The summed E-state index contributed by atoms with van der Waals surface area (Å²) in [5.41, 5.74) is 0. The summed E-state index contributed by atoms with van der Waals surface area (Å²) in [7, 11) is 0. The van der Waals surface area contributed by atoms with Crippen LogP contribution in [0.2, 0.25) is 0 Å². The molecule has 1 aliphatic heterocycles. The van der Waals surface area contributed by atoms with Crippen LogP contribution >= 0.6 is 11.6 Å². The molecule has 0 aromatic carbocycles. The van der Waals surface area contributed by atoms with Crippen molar-refractivity contribution in [2.45, 2.75) is 12.8 Å². The van der Waals surface area contributed by atoms with Crippen LogP contribution in [0.25, 0.3) is 0 Å². The normalized spacial score (nSPS) is 27.3. The number of hydrogen-bond donors (Lipinski definition) is 1. The first-order valence-electron chi connectivity index (χ1n) is 5.68. The third-order valence-corrected chi connectivity index (χ3v) is 3.19. The van der Waals surface area contributed by atoms with Crippen molar-refractivity contribution in [3.63, 3.8) is 0 Å². The molecule has 3 nitrogen and oxygen atoms in total. The molecule has 0 aromatic rings. The second-order valence-corrected chi connectivity index (χ2v) is 4.49. The second-order valence-electron chi connectivity index (χ2n) is 4.11. The Hall–Kier alpha value is -0.960. The van der Waals surface area contributed by atoms with Crippen LogP contribution in [0.15, 0.2) is 24.0 Å². The van der Waals surface area contributed by atoms with Gasteiger partial charge < -0.3 is 10.1 Å². The monoisotopic (exact) mass is 241 g/mol. The quantitative estimate of drug-likeness (QED) is 0.589. The Morgan fingerprint density at radius 1 is 1.50 bits per heavy atom. The van der Waals surface area contributed by atoms with Gasteiger partial charge in [0.25, 0.3) is 0 Å². The van der Waals surface area contributed by atoms with E-state index in [1.165, 1.54) is 0 Å². The Morgan fingerprint density at radius 2 is 2.38 bits per heavy atom. The number of carbonyl (C=O) groups is 1. The molecule has 2 atom stereocenters. The lowest BCUT2D eigenvalue weighted by atomic mass is 9.91. The van der Waals surface area contributed by atoms with Crippen molar-refractivity contribution in [2.75, 3.05) is 19.0 Å². The molecule has 0 spiro atoms. The van der Waals surface area contributed by atoms with Crippen LogP contribution in [0, 0.1) is 11.8 Å². The van der Waals surface area contributed by atoms with Crippen molar-refractivity contribution < 1.29 is 9.53 Å². The SMILES string of the molecule is O=C1NCC2C=CC(OCCCCCl)=CC12. The van der Waals surface area contributed by atoms with Gasteiger partial charge >= 0.3 is 0 Å². The molecule has 16 heavy (non-hydrogen) atoms. The minimum atomic E-state index is -0.0342. The highest BCUT2D eigenvalue weighted by atomic mass is 35.5. The van der Waals surface area contributed by atoms with Gasteiger partial charge in [0.05, 0.1) is 12.5 Å². The Morgan fingerprint density at radius 3 is 3.19 bits per heavy atom. The zero-order valence-corrected chi connectivity index (χ0v) is 9.87. The fraction of sp³-hybridized carbons (Fsp3) is 0.583. The van der Waals surface area contributed by atoms with Gasteiger partial charge in [-0.15, -0.1) is 11.6 Å². The van der Waals surface area contributed by atoms with Crippen molar-refractivity contribution in [1.82, 2.24) is 5.32 Å². The van der Waals surface area contributed by atoms with Crippen LogP contribution in [0.5, 0.6) is 0 Å². The molecule has 1 amide bonds. The van der Waals surface area contributed by atoms with Crippen LogP contribution in [0.4, 0.5) is 0 Å². The average Bonchev–Trinajstić information content (AvgIpc) is 2.67. The summed E-state index contributed by atoms with van der Waals surface area (Å²) in [6.07, 6.45) is 7.86. The number of amides is 1. The van der Waals surface area contributed by atoms with E-state index in [2.05, 4.69) is 11.4 Å². The number of alkyl halides is 1. The number of halogens is 1. The number of carbonyl (C=O) groups excluding carboxylic acids is 1. The summed E-state index contributed by atoms with van der Waals surface area (Å²) in [6.45, 7) is 1.41. The molecule has 0 radical (unpaired) electrons. The first-order valence-corrected chi connectivity index (χ1v) is 6.21. The lowest BCUT2D eigenvalue weighted by Gasteiger charge is -2.16. The summed E-state index contributed by atoms with van der Waals surface area (Å²) < 4.78 is 5.58.